The lowest BCUT2D eigenvalue weighted by Crippen LogP contribution is -2.46. The number of fused-ring (bicyclic) bond motifs is 1. The van der Waals surface area contributed by atoms with E-state index in [1.165, 1.54) is 0 Å². The van der Waals surface area contributed by atoms with Gasteiger partial charge < -0.3 is 5.73 Å². The number of nitrogens with zero attached hydrogens (tertiary/aromatic N) is 3. The van der Waals surface area contributed by atoms with Gasteiger partial charge in [0.05, 0.1) is 23.4 Å². The molecule has 0 spiro atoms. The van der Waals surface area contributed by atoms with Gasteiger partial charge in [-0.15, -0.1) is 0 Å². The molecule has 4 nitrogen and oxygen atoms in total. The van der Waals surface area contributed by atoms with Gasteiger partial charge in [0.15, 0.2) is 5.41 Å². The summed E-state index contributed by atoms with van der Waals surface area (Å²) >= 11 is 0. The van der Waals surface area contributed by atoms with Crippen LogP contribution < -0.4 is 5.73 Å². The largest absolute Gasteiger partial charge is 0.399 e. The van der Waals surface area contributed by atoms with E-state index in [0.29, 0.717) is 17.4 Å². The molecule has 0 amide bonds. The Morgan fingerprint density at radius 3 is 2.28 bits per heavy atom. The van der Waals surface area contributed by atoms with Crippen molar-refractivity contribution in [3.63, 3.8) is 0 Å². The zero-order valence-electron chi connectivity index (χ0n) is 15.9. The molecular formula is C21H28N4. The van der Waals surface area contributed by atoms with Gasteiger partial charge in [-0.1, -0.05) is 40.7 Å². The molecule has 2 aliphatic carbocycles. The summed E-state index contributed by atoms with van der Waals surface area (Å²) in [6.07, 6.45) is 4.70. The highest BCUT2D eigenvalue weighted by atomic mass is 14.7. The molecule has 0 aromatic heterocycles. The Bertz CT molecular complexity index is 714. The first-order chi connectivity index (χ1) is 11.6. The third-order valence-electron chi connectivity index (χ3n) is 6.00. The van der Waals surface area contributed by atoms with Gasteiger partial charge in [-0.3, -0.25) is 0 Å². The summed E-state index contributed by atoms with van der Waals surface area (Å²) in [5.74, 6) is 0.682. The van der Waals surface area contributed by atoms with Crippen LogP contribution >= 0.6 is 0 Å². The highest BCUT2D eigenvalue weighted by Gasteiger charge is 2.54. The van der Waals surface area contributed by atoms with E-state index in [0.717, 1.165) is 24.8 Å². The zero-order chi connectivity index (χ0) is 19.0. The van der Waals surface area contributed by atoms with Gasteiger partial charge in [0.1, 0.15) is 6.07 Å². The van der Waals surface area contributed by atoms with E-state index in [1.807, 2.05) is 0 Å². The molecule has 0 aliphatic heterocycles. The highest BCUT2D eigenvalue weighted by Crippen LogP contribution is 2.55. The first kappa shape index (κ1) is 19.1. The molecular weight excluding hydrogens is 308 g/mol. The van der Waals surface area contributed by atoms with E-state index in [4.69, 9.17) is 5.73 Å². The Morgan fingerprint density at radius 2 is 1.84 bits per heavy atom. The first-order valence-electron chi connectivity index (χ1n) is 9.05. The van der Waals surface area contributed by atoms with Crippen LogP contribution in [0.5, 0.6) is 0 Å². The lowest BCUT2D eigenvalue weighted by Gasteiger charge is -2.47. The van der Waals surface area contributed by atoms with Crippen molar-refractivity contribution >= 4 is 0 Å². The number of hydrogen-bond acceptors (Lipinski definition) is 4. The third kappa shape index (κ3) is 3.05. The fourth-order valence-electron chi connectivity index (χ4n) is 4.47. The predicted octanol–water partition coefficient (Wildman–Crippen LogP) is 4.43. The second-order valence-corrected chi connectivity index (χ2v) is 8.97. The summed E-state index contributed by atoms with van der Waals surface area (Å²) in [6.45, 7) is 10.9. The first-order valence-corrected chi connectivity index (χ1v) is 9.05. The van der Waals surface area contributed by atoms with Gasteiger partial charge in [-0.2, -0.15) is 15.8 Å². The summed E-state index contributed by atoms with van der Waals surface area (Å²) in [7, 11) is 0. The zero-order valence-corrected chi connectivity index (χ0v) is 15.9. The average Bonchev–Trinajstić information content (AvgIpc) is 2.54. The van der Waals surface area contributed by atoms with E-state index in [9.17, 15) is 15.8 Å². The van der Waals surface area contributed by atoms with E-state index in [1.54, 1.807) is 0 Å². The highest BCUT2D eigenvalue weighted by molar-refractivity contribution is 5.56. The van der Waals surface area contributed by atoms with Crippen molar-refractivity contribution in [1.29, 1.82) is 15.8 Å². The Hall–Kier alpha value is -2.25. The Kier molecular flexibility index (Phi) is 5.02. The van der Waals surface area contributed by atoms with Gasteiger partial charge in [-0.05, 0) is 48.0 Å². The molecule has 0 heterocycles. The normalized spacial score (nSPS) is 28.4. The fourth-order valence-corrected chi connectivity index (χ4v) is 4.47. The molecule has 3 atom stereocenters. The van der Waals surface area contributed by atoms with Crippen molar-refractivity contribution < 1.29 is 0 Å². The molecule has 25 heavy (non-hydrogen) atoms. The lowest BCUT2D eigenvalue weighted by molar-refractivity contribution is 0.130. The molecule has 0 aromatic carbocycles. The average molecular weight is 336 g/mol. The fraction of sp³-hybridized carbons (Fsp3) is 0.667. The number of rotatable bonds is 2. The Balaban J connectivity index is 2.68. The van der Waals surface area contributed by atoms with Crippen LogP contribution in [0.3, 0.4) is 0 Å². The van der Waals surface area contributed by atoms with Crippen LogP contribution in [-0.4, -0.2) is 0 Å². The molecule has 132 valence electrons. The molecule has 0 fully saturated rings. The number of hydrogen-bond donors (Lipinski definition) is 1. The number of nitrogens with two attached hydrogens (primary N) is 1. The molecule has 0 saturated heterocycles. The van der Waals surface area contributed by atoms with Crippen molar-refractivity contribution in [3.05, 3.63) is 22.9 Å². The number of allylic oxidation sites excluding steroid dienone is 4. The topological polar surface area (TPSA) is 97.4 Å². The van der Waals surface area contributed by atoms with Gasteiger partial charge in [-0.25, -0.2) is 0 Å². The number of nitriles is 3. The quantitative estimate of drug-likeness (QED) is 0.806. The third-order valence-corrected chi connectivity index (χ3v) is 6.00. The molecule has 3 unspecified atom stereocenters. The second-order valence-electron chi connectivity index (χ2n) is 8.97. The SMILES string of the molecule is CC(C)CC1C2CC(C(C)(C)C)CC=C2C(C#N)=C(N)C1(C#N)C#N. The standard InChI is InChI=1S/C21H28N4/c1-13(2)8-18-16-9-14(20(3,4)5)6-7-15(16)17(10-22)19(25)21(18,11-23)12-24/h7,13-14,16,18H,6,8-9,25H2,1-5H3. The summed E-state index contributed by atoms with van der Waals surface area (Å²) in [5.41, 5.74) is 6.48. The minimum absolute atomic E-state index is 0.0432. The maximum absolute atomic E-state index is 9.91. The summed E-state index contributed by atoms with van der Waals surface area (Å²) in [5, 5.41) is 29.5. The Morgan fingerprint density at radius 1 is 1.24 bits per heavy atom. The van der Waals surface area contributed by atoms with Crippen LogP contribution in [-0.2, 0) is 0 Å². The molecule has 0 aromatic rings. The molecule has 0 bridgehead atoms. The van der Waals surface area contributed by atoms with Crippen molar-refractivity contribution in [2.75, 3.05) is 0 Å². The minimum Gasteiger partial charge on any atom is -0.399 e. The van der Waals surface area contributed by atoms with E-state index < -0.39 is 5.41 Å². The molecule has 2 N–H and O–H groups in total. The van der Waals surface area contributed by atoms with Crippen molar-refractivity contribution in [3.8, 4) is 18.2 Å². The van der Waals surface area contributed by atoms with Crippen LogP contribution in [0.2, 0.25) is 0 Å². The monoisotopic (exact) mass is 336 g/mol. The van der Waals surface area contributed by atoms with Crippen LogP contribution in [0.25, 0.3) is 0 Å². The molecule has 2 aliphatic rings. The maximum atomic E-state index is 9.91. The van der Waals surface area contributed by atoms with Gasteiger partial charge in [0.25, 0.3) is 0 Å². The Labute approximate surface area is 151 Å². The molecule has 2 rings (SSSR count). The molecule has 0 saturated carbocycles. The van der Waals surface area contributed by atoms with Gasteiger partial charge in [0, 0.05) is 5.92 Å². The lowest BCUT2D eigenvalue weighted by atomic mass is 9.54. The van der Waals surface area contributed by atoms with Crippen molar-refractivity contribution in [2.45, 2.75) is 53.9 Å². The van der Waals surface area contributed by atoms with Gasteiger partial charge >= 0.3 is 0 Å². The molecule has 4 heteroatoms. The summed E-state index contributed by atoms with van der Waals surface area (Å²) in [4.78, 5) is 0. The summed E-state index contributed by atoms with van der Waals surface area (Å²) < 4.78 is 0. The van der Waals surface area contributed by atoms with E-state index in [-0.39, 0.29) is 22.9 Å². The smallest absolute Gasteiger partial charge is 0.187 e. The predicted molar refractivity (Wildman–Crippen MR) is 97.2 cm³/mol. The van der Waals surface area contributed by atoms with Crippen molar-refractivity contribution in [1.82, 2.24) is 0 Å². The van der Waals surface area contributed by atoms with Gasteiger partial charge in [0.2, 0.25) is 0 Å². The van der Waals surface area contributed by atoms with Crippen LogP contribution in [0.4, 0.5) is 0 Å². The van der Waals surface area contributed by atoms with Crippen LogP contribution in [0, 0.1) is 68.5 Å². The summed E-state index contributed by atoms with van der Waals surface area (Å²) in [6, 6.07) is 6.59. The van der Waals surface area contributed by atoms with E-state index >= 15 is 0 Å². The minimum atomic E-state index is -1.41. The van der Waals surface area contributed by atoms with Crippen molar-refractivity contribution in [2.24, 2.45) is 40.2 Å². The van der Waals surface area contributed by atoms with Crippen LogP contribution in [0.15, 0.2) is 22.9 Å². The van der Waals surface area contributed by atoms with Crippen LogP contribution in [0.1, 0.15) is 53.9 Å². The second kappa shape index (κ2) is 6.57. The maximum Gasteiger partial charge on any atom is 0.187 e. The molecule has 0 radical (unpaired) electrons. The van der Waals surface area contributed by atoms with E-state index in [2.05, 4.69) is 58.9 Å².